The lowest BCUT2D eigenvalue weighted by Gasteiger charge is -2.18. The normalized spacial score (nSPS) is 12.0. The molecule has 0 unspecified atom stereocenters. The average Bonchev–Trinajstić information content (AvgIpc) is 2.34. The average molecular weight is 268 g/mol. The standard InChI is InChI=1S/C13H17FN2O3/c1-8(2)11(12(17)18)16-13(19)15-7-9-5-3-4-6-10(9)14/h3-6,8,11H,7H2,1-2H3,(H,17,18)(H2,15,16,19)/t11-/m1/s1. The largest absolute Gasteiger partial charge is 0.480 e. The summed E-state index contributed by atoms with van der Waals surface area (Å²) in [7, 11) is 0. The summed E-state index contributed by atoms with van der Waals surface area (Å²) in [5.74, 6) is -1.76. The lowest BCUT2D eigenvalue weighted by molar-refractivity contribution is -0.140. The molecular formula is C13H17FN2O3. The van der Waals surface area contributed by atoms with Gasteiger partial charge in [-0.2, -0.15) is 0 Å². The van der Waals surface area contributed by atoms with Gasteiger partial charge in [0.25, 0.3) is 0 Å². The Labute approximate surface area is 110 Å². The van der Waals surface area contributed by atoms with Crippen molar-refractivity contribution in [1.29, 1.82) is 0 Å². The summed E-state index contributed by atoms with van der Waals surface area (Å²) in [5.41, 5.74) is 0.342. The summed E-state index contributed by atoms with van der Waals surface area (Å²) >= 11 is 0. The Morgan fingerprint density at radius 1 is 1.32 bits per heavy atom. The first kappa shape index (κ1) is 14.9. The molecular weight excluding hydrogens is 251 g/mol. The van der Waals surface area contributed by atoms with E-state index < -0.39 is 23.9 Å². The third-order valence-corrected chi connectivity index (χ3v) is 2.62. The zero-order chi connectivity index (χ0) is 14.4. The van der Waals surface area contributed by atoms with E-state index >= 15 is 0 Å². The predicted octanol–water partition coefficient (Wildman–Crippen LogP) is 1.73. The highest BCUT2D eigenvalue weighted by Gasteiger charge is 2.23. The van der Waals surface area contributed by atoms with Crippen molar-refractivity contribution in [2.45, 2.75) is 26.4 Å². The van der Waals surface area contributed by atoms with Gasteiger partial charge in [-0.3, -0.25) is 0 Å². The molecule has 0 radical (unpaired) electrons. The number of carboxylic acid groups (broad SMARTS) is 1. The number of nitrogens with one attached hydrogen (secondary N) is 2. The van der Waals surface area contributed by atoms with E-state index in [1.54, 1.807) is 32.0 Å². The van der Waals surface area contributed by atoms with Crippen LogP contribution in [0.3, 0.4) is 0 Å². The topological polar surface area (TPSA) is 78.4 Å². The predicted molar refractivity (Wildman–Crippen MR) is 68.0 cm³/mol. The second kappa shape index (κ2) is 6.72. The minimum absolute atomic E-state index is 0.00292. The zero-order valence-corrected chi connectivity index (χ0v) is 10.8. The number of urea groups is 1. The minimum atomic E-state index is -1.10. The molecule has 0 aromatic heterocycles. The van der Waals surface area contributed by atoms with Crippen LogP contribution >= 0.6 is 0 Å². The molecule has 5 nitrogen and oxygen atoms in total. The van der Waals surface area contributed by atoms with Gasteiger partial charge in [0.1, 0.15) is 11.9 Å². The van der Waals surface area contributed by atoms with Gasteiger partial charge in [0.05, 0.1) is 0 Å². The Morgan fingerprint density at radius 2 is 1.95 bits per heavy atom. The third-order valence-electron chi connectivity index (χ3n) is 2.62. The molecule has 2 amide bonds. The summed E-state index contributed by atoms with van der Waals surface area (Å²) in [6, 6.07) is 4.45. The second-order valence-corrected chi connectivity index (χ2v) is 4.48. The molecule has 0 spiro atoms. The van der Waals surface area contributed by atoms with Gasteiger partial charge in [-0.05, 0) is 12.0 Å². The third kappa shape index (κ3) is 4.57. The summed E-state index contributed by atoms with van der Waals surface area (Å²) in [6.45, 7) is 3.38. The number of amides is 2. The number of carbonyl (C=O) groups is 2. The molecule has 1 rings (SSSR count). The van der Waals surface area contributed by atoms with Crippen LogP contribution in [0.15, 0.2) is 24.3 Å². The molecule has 0 saturated carbocycles. The van der Waals surface area contributed by atoms with Crippen molar-refractivity contribution in [2.75, 3.05) is 0 Å². The molecule has 0 aliphatic rings. The first-order valence-corrected chi connectivity index (χ1v) is 5.92. The van der Waals surface area contributed by atoms with Crippen LogP contribution in [0.4, 0.5) is 9.18 Å². The SMILES string of the molecule is CC(C)[C@@H](NC(=O)NCc1ccccc1F)C(=O)O. The van der Waals surface area contributed by atoms with Crippen molar-refractivity contribution >= 4 is 12.0 Å². The summed E-state index contributed by atoms with van der Waals surface area (Å²) < 4.78 is 13.3. The van der Waals surface area contributed by atoms with Crippen molar-refractivity contribution in [3.63, 3.8) is 0 Å². The fraction of sp³-hybridized carbons (Fsp3) is 0.385. The van der Waals surface area contributed by atoms with E-state index in [-0.39, 0.29) is 12.5 Å². The van der Waals surface area contributed by atoms with Crippen molar-refractivity contribution in [3.8, 4) is 0 Å². The molecule has 0 aliphatic carbocycles. The first-order valence-electron chi connectivity index (χ1n) is 5.92. The van der Waals surface area contributed by atoms with Crippen LogP contribution in [-0.2, 0) is 11.3 Å². The van der Waals surface area contributed by atoms with Crippen molar-refractivity contribution in [3.05, 3.63) is 35.6 Å². The van der Waals surface area contributed by atoms with Crippen LogP contribution < -0.4 is 10.6 Å². The van der Waals surface area contributed by atoms with Gasteiger partial charge in [-0.1, -0.05) is 32.0 Å². The molecule has 0 fully saturated rings. The molecule has 6 heteroatoms. The number of benzene rings is 1. The fourth-order valence-corrected chi connectivity index (χ4v) is 1.52. The van der Waals surface area contributed by atoms with E-state index in [4.69, 9.17) is 5.11 Å². The van der Waals surface area contributed by atoms with E-state index in [0.717, 1.165) is 0 Å². The van der Waals surface area contributed by atoms with Crippen LogP contribution in [0.1, 0.15) is 19.4 Å². The van der Waals surface area contributed by atoms with Crippen molar-refractivity contribution in [1.82, 2.24) is 10.6 Å². The Balaban J connectivity index is 2.52. The van der Waals surface area contributed by atoms with Gasteiger partial charge in [0.15, 0.2) is 0 Å². The smallest absolute Gasteiger partial charge is 0.326 e. The van der Waals surface area contributed by atoms with E-state index in [1.807, 2.05) is 0 Å². The minimum Gasteiger partial charge on any atom is -0.480 e. The maximum absolute atomic E-state index is 13.3. The molecule has 1 aromatic rings. The Morgan fingerprint density at radius 3 is 2.47 bits per heavy atom. The van der Waals surface area contributed by atoms with E-state index in [0.29, 0.717) is 5.56 Å². The van der Waals surface area contributed by atoms with Gasteiger partial charge < -0.3 is 15.7 Å². The maximum Gasteiger partial charge on any atom is 0.326 e. The Kier molecular flexibility index (Phi) is 5.29. The maximum atomic E-state index is 13.3. The highest BCUT2D eigenvalue weighted by molar-refractivity contribution is 5.82. The molecule has 0 bridgehead atoms. The number of rotatable bonds is 5. The van der Waals surface area contributed by atoms with Gasteiger partial charge in [0, 0.05) is 12.1 Å². The summed E-state index contributed by atoms with van der Waals surface area (Å²) in [5, 5.41) is 13.7. The molecule has 104 valence electrons. The highest BCUT2D eigenvalue weighted by atomic mass is 19.1. The van der Waals surface area contributed by atoms with E-state index in [1.165, 1.54) is 6.07 Å². The van der Waals surface area contributed by atoms with E-state index in [2.05, 4.69) is 10.6 Å². The number of carbonyl (C=O) groups excluding carboxylic acids is 1. The quantitative estimate of drug-likeness (QED) is 0.761. The van der Waals surface area contributed by atoms with Crippen molar-refractivity contribution in [2.24, 2.45) is 5.92 Å². The number of aliphatic carboxylic acids is 1. The first-order chi connectivity index (χ1) is 8.91. The molecule has 0 aliphatic heterocycles. The number of hydrogen-bond donors (Lipinski definition) is 3. The molecule has 0 heterocycles. The van der Waals surface area contributed by atoms with Crippen LogP contribution in [0, 0.1) is 11.7 Å². The second-order valence-electron chi connectivity index (χ2n) is 4.48. The Hall–Kier alpha value is -2.11. The van der Waals surface area contributed by atoms with Crippen LogP contribution in [-0.4, -0.2) is 23.1 Å². The van der Waals surface area contributed by atoms with Crippen LogP contribution in [0.5, 0.6) is 0 Å². The molecule has 1 atom stereocenters. The lowest BCUT2D eigenvalue weighted by atomic mass is 10.1. The summed E-state index contributed by atoms with van der Waals surface area (Å²) in [4.78, 5) is 22.4. The monoisotopic (exact) mass is 268 g/mol. The van der Waals surface area contributed by atoms with Crippen LogP contribution in [0.25, 0.3) is 0 Å². The molecule has 0 saturated heterocycles. The molecule has 19 heavy (non-hydrogen) atoms. The van der Waals surface area contributed by atoms with Gasteiger partial charge in [0.2, 0.25) is 0 Å². The van der Waals surface area contributed by atoms with Gasteiger partial charge in [-0.25, -0.2) is 14.0 Å². The van der Waals surface area contributed by atoms with Crippen LogP contribution in [0.2, 0.25) is 0 Å². The zero-order valence-electron chi connectivity index (χ0n) is 10.8. The van der Waals surface area contributed by atoms with Gasteiger partial charge >= 0.3 is 12.0 Å². The Bertz CT molecular complexity index is 463. The lowest BCUT2D eigenvalue weighted by Crippen LogP contribution is -2.48. The number of carboxylic acids is 1. The molecule has 3 N–H and O–H groups in total. The van der Waals surface area contributed by atoms with Crippen molar-refractivity contribution < 1.29 is 19.1 Å². The van der Waals surface area contributed by atoms with Gasteiger partial charge in [-0.15, -0.1) is 0 Å². The fourth-order valence-electron chi connectivity index (χ4n) is 1.52. The number of halogens is 1. The molecule has 1 aromatic carbocycles. The van der Waals surface area contributed by atoms with E-state index in [9.17, 15) is 14.0 Å². The summed E-state index contributed by atoms with van der Waals surface area (Å²) in [6.07, 6.45) is 0. The number of hydrogen-bond acceptors (Lipinski definition) is 2. The highest BCUT2D eigenvalue weighted by Crippen LogP contribution is 2.05.